The molecule has 2 aromatic rings. The highest BCUT2D eigenvalue weighted by Gasteiger charge is 2.39. The molecule has 0 aromatic heterocycles. The third-order valence-corrected chi connectivity index (χ3v) is 5.02. The van der Waals surface area contributed by atoms with E-state index in [1.165, 1.54) is 10.5 Å². The van der Waals surface area contributed by atoms with Crippen molar-refractivity contribution in [1.82, 2.24) is 4.90 Å². The molecule has 1 N–H and O–H groups in total. The van der Waals surface area contributed by atoms with Crippen LogP contribution in [0.3, 0.4) is 0 Å². The van der Waals surface area contributed by atoms with Gasteiger partial charge in [0.15, 0.2) is 0 Å². The molecule has 0 saturated carbocycles. The monoisotopic (exact) mass is 406 g/mol. The number of nitrogens with one attached hydrogen (secondary N) is 1. The Morgan fingerprint density at radius 1 is 0.933 bits per heavy atom. The molecule has 0 spiro atoms. The van der Waals surface area contributed by atoms with Crippen molar-refractivity contribution in [2.45, 2.75) is 46.1 Å². The zero-order valence-corrected chi connectivity index (χ0v) is 18.4. The summed E-state index contributed by atoms with van der Waals surface area (Å²) in [5.74, 6) is -0.626. The van der Waals surface area contributed by atoms with Gasteiger partial charge >= 0.3 is 0 Å². The third-order valence-electron chi connectivity index (χ3n) is 5.02. The van der Waals surface area contributed by atoms with Gasteiger partial charge in [-0.05, 0) is 42.5 Å². The SMILES string of the molecule is CC(C)OCCN1C(=O)C(Nc2ccc(C(C)(C)C)cc2)=C(c2ccccc2)C1=O. The first-order chi connectivity index (χ1) is 14.2. The predicted molar refractivity (Wildman–Crippen MR) is 120 cm³/mol. The zero-order valence-electron chi connectivity index (χ0n) is 18.4. The van der Waals surface area contributed by atoms with E-state index in [9.17, 15) is 9.59 Å². The molecule has 0 radical (unpaired) electrons. The van der Waals surface area contributed by atoms with E-state index < -0.39 is 0 Å². The van der Waals surface area contributed by atoms with Crippen molar-refractivity contribution in [3.05, 3.63) is 71.4 Å². The molecular weight excluding hydrogens is 376 g/mol. The summed E-state index contributed by atoms with van der Waals surface area (Å²) in [5.41, 5.74) is 3.43. The van der Waals surface area contributed by atoms with Crippen molar-refractivity contribution in [3.63, 3.8) is 0 Å². The van der Waals surface area contributed by atoms with E-state index in [1.54, 1.807) is 0 Å². The summed E-state index contributed by atoms with van der Waals surface area (Å²) in [6, 6.07) is 17.3. The smallest absolute Gasteiger partial charge is 0.278 e. The van der Waals surface area contributed by atoms with Crippen LogP contribution in [0.2, 0.25) is 0 Å². The Balaban J connectivity index is 1.91. The first-order valence-corrected chi connectivity index (χ1v) is 10.3. The number of carbonyl (C=O) groups is 2. The van der Waals surface area contributed by atoms with Crippen molar-refractivity contribution in [2.24, 2.45) is 0 Å². The number of carbonyl (C=O) groups excluding carboxylic acids is 2. The maximum atomic E-state index is 13.1. The van der Waals surface area contributed by atoms with E-state index in [0.717, 1.165) is 11.3 Å². The summed E-state index contributed by atoms with van der Waals surface area (Å²) in [4.78, 5) is 27.5. The lowest BCUT2D eigenvalue weighted by atomic mass is 9.87. The van der Waals surface area contributed by atoms with Crippen LogP contribution in [-0.2, 0) is 19.7 Å². The highest BCUT2D eigenvalue weighted by atomic mass is 16.5. The molecule has 0 aliphatic carbocycles. The van der Waals surface area contributed by atoms with Crippen molar-refractivity contribution >= 4 is 23.1 Å². The van der Waals surface area contributed by atoms with Gasteiger partial charge in [0.2, 0.25) is 0 Å². The van der Waals surface area contributed by atoms with Gasteiger partial charge in [0.25, 0.3) is 11.8 Å². The molecule has 0 bridgehead atoms. The predicted octanol–water partition coefficient (Wildman–Crippen LogP) is 4.60. The molecule has 0 atom stereocenters. The largest absolute Gasteiger partial charge is 0.377 e. The number of imide groups is 1. The molecule has 5 nitrogen and oxygen atoms in total. The molecule has 1 heterocycles. The Morgan fingerprint density at radius 2 is 1.57 bits per heavy atom. The average molecular weight is 407 g/mol. The summed E-state index contributed by atoms with van der Waals surface area (Å²) in [6.07, 6.45) is 0.0401. The lowest BCUT2D eigenvalue weighted by Gasteiger charge is -2.19. The third kappa shape index (κ3) is 4.79. The number of benzene rings is 2. The number of hydrogen-bond donors (Lipinski definition) is 1. The molecule has 2 aromatic carbocycles. The van der Waals surface area contributed by atoms with Crippen LogP contribution in [0, 0.1) is 0 Å². The van der Waals surface area contributed by atoms with Crippen LogP contribution in [0.5, 0.6) is 0 Å². The van der Waals surface area contributed by atoms with Crippen molar-refractivity contribution in [3.8, 4) is 0 Å². The molecule has 0 fully saturated rings. The van der Waals surface area contributed by atoms with Crippen LogP contribution < -0.4 is 5.32 Å². The topological polar surface area (TPSA) is 58.6 Å². The van der Waals surface area contributed by atoms with Crippen molar-refractivity contribution in [2.75, 3.05) is 18.5 Å². The molecule has 3 rings (SSSR count). The second-order valence-corrected chi connectivity index (χ2v) is 8.75. The number of rotatable bonds is 7. The Kier molecular flexibility index (Phi) is 6.42. The van der Waals surface area contributed by atoms with Gasteiger partial charge in [0.05, 0.1) is 24.8 Å². The Hall–Kier alpha value is -2.92. The minimum absolute atomic E-state index is 0.0401. The van der Waals surface area contributed by atoms with E-state index in [4.69, 9.17) is 4.74 Å². The lowest BCUT2D eigenvalue weighted by Crippen LogP contribution is -2.35. The molecule has 0 saturated heterocycles. The van der Waals surface area contributed by atoms with E-state index in [1.807, 2.05) is 68.4 Å². The van der Waals surface area contributed by atoms with Crippen molar-refractivity contribution < 1.29 is 14.3 Å². The number of amides is 2. The average Bonchev–Trinajstić information content (AvgIpc) is 2.92. The Morgan fingerprint density at radius 3 is 2.13 bits per heavy atom. The first kappa shape index (κ1) is 21.8. The van der Waals surface area contributed by atoms with Crippen LogP contribution in [0.4, 0.5) is 5.69 Å². The Bertz CT molecular complexity index is 939. The van der Waals surface area contributed by atoms with E-state index in [2.05, 4.69) is 26.1 Å². The number of ether oxygens (including phenoxy) is 1. The maximum Gasteiger partial charge on any atom is 0.278 e. The minimum atomic E-state index is -0.328. The van der Waals surface area contributed by atoms with E-state index in [0.29, 0.717) is 17.9 Å². The molecule has 158 valence electrons. The highest BCUT2D eigenvalue weighted by Crippen LogP contribution is 2.31. The lowest BCUT2D eigenvalue weighted by molar-refractivity contribution is -0.137. The number of hydrogen-bond acceptors (Lipinski definition) is 4. The molecule has 1 aliphatic rings. The van der Waals surface area contributed by atoms with Gasteiger partial charge in [-0.2, -0.15) is 0 Å². The fourth-order valence-corrected chi connectivity index (χ4v) is 3.35. The fraction of sp³-hybridized carbons (Fsp3) is 0.360. The number of anilines is 1. The molecule has 0 unspecified atom stereocenters. The van der Waals surface area contributed by atoms with E-state index >= 15 is 0 Å². The second kappa shape index (κ2) is 8.84. The normalized spacial score (nSPS) is 14.8. The summed E-state index contributed by atoms with van der Waals surface area (Å²) in [6.45, 7) is 10.8. The fourth-order valence-electron chi connectivity index (χ4n) is 3.35. The van der Waals surface area contributed by atoms with Gasteiger partial charge in [-0.1, -0.05) is 63.2 Å². The summed E-state index contributed by atoms with van der Waals surface area (Å²) in [5, 5.41) is 3.20. The van der Waals surface area contributed by atoms with Crippen LogP contribution in [0.25, 0.3) is 5.57 Å². The quantitative estimate of drug-likeness (QED) is 0.683. The van der Waals surface area contributed by atoms with Crippen LogP contribution in [0.15, 0.2) is 60.3 Å². The molecular formula is C25H30N2O3. The minimum Gasteiger partial charge on any atom is -0.377 e. The maximum absolute atomic E-state index is 13.1. The molecule has 5 heteroatoms. The van der Waals surface area contributed by atoms with Crippen LogP contribution >= 0.6 is 0 Å². The van der Waals surface area contributed by atoms with Gasteiger partial charge in [-0.25, -0.2) is 0 Å². The molecule has 1 aliphatic heterocycles. The van der Waals surface area contributed by atoms with E-state index in [-0.39, 0.29) is 29.9 Å². The summed E-state index contributed by atoms with van der Waals surface area (Å²) < 4.78 is 5.55. The zero-order chi connectivity index (χ0) is 21.9. The number of nitrogens with zero attached hydrogens (tertiary/aromatic N) is 1. The highest BCUT2D eigenvalue weighted by molar-refractivity contribution is 6.36. The molecule has 2 amide bonds. The van der Waals surface area contributed by atoms with Gasteiger partial charge < -0.3 is 10.1 Å². The van der Waals surface area contributed by atoms with Gasteiger partial charge in [0, 0.05) is 5.69 Å². The standard InChI is InChI=1S/C25H30N2O3/c1-17(2)30-16-15-27-23(28)21(18-9-7-6-8-10-18)22(24(27)29)26-20-13-11-19(12-14-20)25(3,4)5/h6-14,17,26H,15-16H2,1-5H3. The van der Waals surface area contributed by atoms with Gasteiger partial charge in [-0.3, -0.25) is 14.5 Å². The van der Waals surface area contributed by atoms with Crippen molar-refractivity contribution in [1.29, 1.82) is 0 Å². The summed E-state index contributed by atoms with van der Waals surface area (Å²) in [7, 11) is 0. The van der Waals surface area contributed by atoms with Crippen LogP contribution in [-0.4, -0.2) is 36.0 Å². The Labute approximate surface area is 178 Å². The van der Waals surface area contributed by atoms with Gasteiger partial charge in [-0.15, -0.1) is 0 Å². The molecule has 30 heavy (non-hydrogen) atoms. The second-order valence-electron chi connectivity index (χ2n) is 8.75. The first-order valence-electron chi connectivity index (χ1n) is 10.3. The summed E-state index contributed by atoms with van der Waals surface area (Å²) >= 11 is 0. The van der Waals surface area contributed by atoms with Crippen LogP contribution in [0.1, 0.15) is 45.7 Å². The van der Waals surface area contributed by atoms with Gasteiger partial charge in [0.1, 0.15) is 5.70 Å².